The number of hydrogen-bond donors (Lipinski definition) is 0. The van der Waals surface area contributed by atoms with Gasteiger partial charge in [-0.15, -0.1) is 0 Å². The standard InChI is InChI=1S/C28H18ClN/c29-21-14-17-26-25-9-3-4-11-27(25)30(28(26)18-21)22-15-12-20(13-16-22)24-10-5-7-19-6-1-2-8-23(19)24/h1-18H. The van der Waals surface area contributed by atoms with Crippen molar-refractivity contribution in [2.45, 2.75) is 0 Å². The van der Waals surface area contributed by atoms with Crippen LogP contribution in [0.5, 0.6) is 0 Å². The van der Waals surface area contributed by atoms with Gasteiger partial charge in [0.25, 0.3) is 0 Å². The minimum atomic E-state index is 0.749. The summed E-state index contributed by atoms with van der Waals surface area (Å²) in [5, 5.41) is 5.74. The van der Waals surface area contributed by atoms with E-state index < -0.39 is 0 Å². The second-order valence-electron chi connectivity index (χ2n) is 7.59. The van der Waals surface area contributed by atoms with E-state index in [1.165, 1.54) is 38.2 Å². The summed E-state index contributed by atoms with van der Waals surface area (Å²) in [6.45, 7) is 0. The maximum Gasteiger partial charge on any atom is 0.0555 e. The highest BCUT2D eigenvalue weighted by atomic mass is 35.5. The number of para-hydroxylation sites is 1. The van der Waals surface area contributed by atoms with Crippen LogP contribution in [-0.4, -0.2) is 4.57 Å². The van der Waals surface area contributed by atoms with E-state index in [1.54, 1.807) is 0 Å². The largest absolute Gasteiger partial charge is 0.309 e. The predicted molar refractivity (Wildman–Crippen MR) is 129 cm³/mol. The first kappa shape index (κ1) is 17.3. The number of aromatic nitrogens is 1. The van der Waals surface area contributed by atoms with Crippen LogP contribution < -0.4 is 0 Å². The molecule has 0 amide bonds. The van der Waals surface area contributed by atoms with Crippen molar-refractivity contribution in [3.05, 3.63) is 114 Å². The predicted octanol–water partition coefficient (Wildman–Crippen LogP) is 8.26. The van der Waals surface area contributed by atoms with Gasteiger partial charge < -0.3 is 4.57 Å². The number of hydrogen-bond acceptors (Lipinski definition) is 0. The Hall–Kier alpha value is -3.55. The van der Waals surface area contributed by atoms with Crippen molar-refractivity contribution in [1.29, 1.82) is 0 Å². The second-order valence-corrected chi connectivity index (χ2v) is 8.02. The van der Waals surface area contributed by atoms with Gasteiger partial charge in [0.1, 0.15) is 0 Å². The molecule has 0 bridgehead atoms. The summed E-state index contributed by atoms with van der Waals surface area (Å²) in [4.78, 5) is 0. The number of rotatable bonds is 2. The van der Waals surface area contributed by atoms with Gasteiger partial charge in [0, 0.05) is 21.5 Å². The summed E-state index contributed by atoms with van der Waals surface area (Å²) in [6.07, 6.45) is 0. The zero-order valence-electron chi connectivity index (χ0n) is 16.2. The first-order chi connectivity index (χ1) is 14.8. The molecule has 0 N–H and O–H groups in total. The minimum Gasteiger partial charge on any atom is -0.309 e. The summed E-state index contributed by atoms with van der Waals surface area (Å²) < 4.78 is 2.30. The van der Waals surface area contributed by atoms with E-state index in [2.05, 4.69) is 108 Å². The van der Waals surface area contributed by atoms with Crippen LogP contribution in [0.1, 0.15) is 0 Å². The van der Waals surface area contributed by atoms with Crippen molar-refractivity contribution < 1.29 is 0 Å². The number of benzene rings is 5. The number of fused-ring (bicyclic) bond motifs is 4. The van der Waals surface area contributed by atoms with E-state index >= 15 is 0 Å². The van der Waals surface area contributed by atoms with E-state index in [9.17, 15) is 0 Å². The molecule has 0 unspecified atom stereocenters. The van der Waals surface area contributed by atoms with Crippen molar-refractivity contribution in [2.24, 2.45) is 0 Å². The first-order valence-corrected chi connectivity index (χ1v) is 10.4. The fourth-order valence-electron chi connectivity index (χ4n) is 4.49. The summed E-state index contributed by atoms with van der Waals surface area (Å²) in [6, 6.07) is 38.5. The Bertz CT molecular complexity index is 1540. The monoisotopic (exact) mass is 403 g/mol. The lowest BCUT2D eigenvalue weighted by Gasteiger charge is -2.11. The molecule has 1 heterocycles. The van der Waals surface area contributed by atoms with Gasteiger partial charge in [-0.25, -0.2) is 0 Å². The lowest BCUT2D eigenvalue weighted by molar-refractivity contribution is 1.18. The highest BCUT2D eigenvalue weighted by Crippen LogP contribution is 2.35. The van der Waals surface area contributed by atoms with Gasteiger partial charge in [0.15, 0.2) is 0 Å². The molecule has 0 saturated heterocycles. The summed E-state index contributed by atoms with van der Waals surface area (Å²) in [5.41, 5.74) is 5.92. The van der Waals surface area contributed by atoms with Crippen LogP contribution in [0, 0.1) is 0 Å². The molecule has 0 fully saturated rings. The molecule has 142 valence electrons. The molecule has 5 aromatic carbocycles. The molecule has 0 atom stereocenters. The van der Waals surface area contributed by atoms with Crippen LogP contribution in [0.25, 0.3) is 49.4 Å². The topological polar surface area (TPSA) is 4.93 Å². The van der Waals surface area contributed by atoms with Gasteiger partial charge in [-0.05, 0) is 52.2 Å². The molecule has 0 saturated carbocycles. The molecule has 0 aliphatic carbocycles. The molecule has 6 rings (SSSR count). The van der Waals surface area contributed by atoms with Crippen LogP contribution in [-0.2, 0) is 0 Å². The van der Waals surface area contributed by atoms with Crippen LogP contribution in [0.2, 0.25) is 5.02 Å². The van der Waals surface area contributed by atoms with E-state index in [0.29, 0.717) is 0 Å². The fourth-order valence-corrected chi connectivity index (χ4v) is 4.66. The molecule has 6 aromatic rings. The quantitative estimate of drug-likeness (QED) is 0.274. The van der Waals surface area contributed by atoms with Crippen molar-refractivity contribution >= 4 is 44.2 Å². The Morgan fingerprint density at radius 2 is 1.23 bits per heavy atom. The van der Waals surface area contributed by atoms with E-state index in [0.717, 1.165) is 16.2 Å². The summed E-state index contributed by atoms with van der Waals surface area (Å²) in [5.74, 6) is 0. The third-order valence-corrected chi connectivity index (χ3v) is 6.10. The molecule has 30 heavy (non-hydrogen) atoms. The van der Waals surface area contributed by atoms with E-state index in [1.807, 2.05) is 6.07 Å². The molecule has 0 aliphatic rings. The highest BCUT2D eigenvalue weighted by molar-refractivity contribution is 6.31. The van der Waals surface area contributed by atoms with Crippen LogP contribution in [0.15, 0.2) is 109 Å². The van der Waals surface area contributed by atoms with Crippen molar-refractivity contribution in [3.8, 4) is 16.8 Å². The molecule has 1 nitrogen and oxygen atoms in total. The lowest BCUT2D eigenvalue weighted by Crippen LogP contribution is -1.93. The van der Waals surface area contributed by atoms with Crippen molar-refractivity contribution in [3.63, 3.8) is 0 Å². The zero-order valence-corrected chi connectivity index (χ0v) is 17.0. The number of halogens is 1. The Labute approximate surface area is 179 Å². The molecular weight excluding hydrogens is 386 g/mol. The maximum absolute atomic E-state index is 6.35. The smallest absolute Gasteiger partial charge is 0.0555 e. The second kappa shape index (κ2) is 6.76. The molecule has 2 heteroatoms. The van der Waals surface area contributed by atoms with E-state index in [-0.39, 0.29) is 0 Å². The molecule has 0 radical (unpaired) electrons. The zero-order chi connectivity index (χ0) is 20.1. The molecule has 1 aromatic heterocycles. The van der Waals surface area contributed by atoms with Crippen molar-refractivity contribution in [1.82, 2.24) is 4.57 Å². The van der Waals surface area contributed by atoms with Gasteiger partial charge in [0.05, 0.1) is 11.0 Å². The van der Waals surface area contributed by atoms with Crippen molar-refractivity contribution in [2.75, 3.05) is 0 Å². The van der Waals surface area contributed by atoms with Gasteiger partial charge in [-0.3, -0.25) is 0 Å². The van der Waals surface area contributed by atoms with Crippen LogP contribution >= 0.6 is 11.6 Å². The third kappa shape index (κ3) is 2.63. The average Bonchev–Trinajstić information content (AvgIpc) is 3.12. The normalized spacial score (nSPS) is 11.5. The Balaban J connectivity index is 1.56. The molecule has 0 spiro atoms. The van der Waals surface area contributed by atoms with Gasteiger partial charge in [-0.1, -0.05) is 90.5 Å². The number of nitrogens with zero attached hydrogens (tertiary/aromatic N) is 1. The SMILES string of the molecule is Clc1ccc2c3ccccc3n(-c3ccc(-c4cccc5ccccc45)cc3)c2c1. The Morgan fingerprint density at radius 1 is 0.533 bits per heavy atom. The Kier molecular flexibility index (Phi) is 3.90. The van der Waals surface area contributed by atoms with E-state index in [4.69, 9.17) is 11.6 Å². The lowest BCUT2D eigenvalue weighted by atomic mass is 9.98. The first-order valence-electron chi connectivity index (χ1n) is 10.1. The fraction of sp³-hybridized carbons (Fsp3) is 0. The maximum atomic E-state index is 6.35. The third-order valence-electron chi connectivity index (χ3n) is 5.86. The van der Waals surface area contributed by atoms with Crippen LogP contribution in [0.3, 0.4) is 0 Å². The summed E-state index contributed by atoms with van der Waals surface area (Å²) >= 11 is 6.35. The van der Waals surface area contributed by atoms with Gasteiger partial charge in [0.2, 0.25) is 0 Å². The van der Waals surface area contributed by atoms with Crippen LogP contribution in [0.4, 0.5) is 0 Å². The van der Waals surface area contributed by atoms with Gasteiger partial charge >= 0.3 is 0 Å². The molecular formula is C28H18ClN. The Morgan fingerprint density at radius 3 is 2.10 bits per heavy atom. The highest BCUT2D eigenvalue weighted by Gasteiger charge is 2.12. The average molecular weight is 404 g/mol. The summed E-state index contributed by atoms with van der Waals surface area (Å²) in [7, 11) is 0. The molecule has 0 aliphatic heterocycles. The van der Waals surface area contributed by atoms with Gasteiger partial charge in [-0.2, -0.15) is 0 Å². The minimum absolute atomic E-state index is 0.749.